The van der Waals surface area contributed by atoms with Gasteiger partial charge in [0, 0.05) is 12.6 Å². The van der Waals surface area contributed by atoms with Crippen LogP contribution in [0.5, 0.6) is 0 Å². The number of carbonyl (C=O) groups is 1. The number of hydrogen-bond acceptors (Lipinski definition) is 1. The van der Waals surface area contributed by atoms with E-state index in [-0.39, 0.29) is 6.03 Å². The van der Waals surface area contributed by atoms with Crippen LogP contribution >= 0.6 is 0 Å². The molecule has 0 heterocycles. The summed E-state index contributed by atoms with van der Waals surface area (Å²) in [6.07, 6.45) is 12.4. The molecule has 17 heavy (non-hydrogen) atoms. The largest absolute Gasteiger partial charge is 0.338 e. The summed E-state index contributed by atoms with van der Waals surface area (Å²) < 4.78 is 0. The Hall–Kier alpha value is -0.730. The highest BCUT2D eigenvalue weighted by molar-refractivity contribution is 5.74. The Kier molecular flexibility index (Phi) is 7.85. The SMILES string of the molecule is CCCCCCCNC(=O)NC1CCCCC1. The van der Waals surface area contributed by atoms with Gasteiger partial charge in [-0.05, 0) is 19.3 Å². The van der Waals surface area contributed by atoms with E-state index >= 15 is 0 Å². The van der Waals surface area contributed by atoms with Crippen LogP contribution in [0.1, 0.15) is 71.1 Å². The fraction of sp³-hybridized carbons (Fsp3) is 0.929. The lowest BCUT2D eigenvalue weighted by Gasteiger charge is -2.22. The molecular weight excluding hydrogens is 212 g/mol. The summed E-state index contributed by atoms with van der Waals surface area (Å²) in [5.41, 5.74) is 0. The molecule has 100 valence electrons. The van der Waals surface area contributed by atoms with Crippen LogP contribution in [0.15, 0.2) is 0 Å². The van der Waals surface area contributed by atoms with E-state index in [1.165, 1.54) is 44.9 Å². The van der Waals surface area contributed by atoms with Crippen molar-refractivity contribution in [3.8, 4) is 0 Å². The minimum Gasteiger partial charge on any atom is -0.338 e. The van der Waals surface area contributed by atoms with E-state index in [9.17, 15) is 4.79 Å². The van der Waals surface area contributed by atoms with Gasteiger partial charge in [-0.1, -0.05) is 51.9 Å². The number of unbranched alkanes of at least 4 members (excludes halogenated alkanes) is 4. The van der Waals surface area contributed by atoms with Crippen LogP contribution < -0.4 is 10.6 Å². The molecule has 1 aliphatic rings. The predicted octanol–water partition coefficient (Wildman–Crippen LogP) is 3.59. The quantitative estimate of drug-likeness (QED) is 0.656. The highest BCUT2D eigenvalue weighted by Crippen LogP contribution is 2.17. The van der Waals surface area contributed by atoms with Crippen molar-refractivity contribution in [2.75, 3.05) is 6.54 Å². The average Bonchev–Trinajstić information content (AvgIpc) is 2.35. The van der Waals surface area contributed by atoms with Crippen molar-refractivity contribution in [2.24, 2.45) is 0 Å². The van der Waals surface area contributed by atoms with Gasteiger partial charge < -0.3 is 10.6 Å². The predicted molar refractivity (Wildman–Crippen MR) is 72.2 cm³/mol. The van der Waals surface area contributed by atoms with Gasteiger partial charge in [0.1, 0.15) is 0 Å². The van der Waals surface area contributed by atoms with Gasteiger partial charge in [-0.3, -0.25) is 0 Å². The summed E-state index contributed by atoms with van der Waals surface area (Å²) in [7, 11) is 0. The number of carbonyl (C=O) groups excluding carboxylic acids is 1. The topological polar surface area (TPSA) is 41.1 Å². The second-order valence-corrected chi connectivity index (χ2v) is 5.15. The summed E-state index contributed by atoms with van der Waals surface area (Å²) >= 11 is 0. The molecule has 3 nitrogen and oxygen atoms in total. The number of amides is 2. The zero-order valence-electron chi connectivity index (χ0n) is 11.3. The zero-order chi connectivity index (χ0) is 12.3. The van der Waals surface area contributed by atoms with Crippen molar-refractivity contribution in [3.63, 3.8) is 0 Å². The Labute approximate surface area is 106 Å². The van der Waals surface area contributed by atoms with Crippen LogP contribution in [0.3, 0.4) is 0 Å². The molecule has 3 heteroatoms. The van der Waals surface area contributed by atoms with E-state index in [1.807, 2.05) is 0 Å². The van der Waals surface area contributed by atoms with Crippen LogP contribution in [0.2, 0.25) is 0 Å². The van der Waals surface area contributed by atoms with E-state index in [0.29, 0.717) is 6.04 Å². The van der Waals surface area contributed by atoms with Crippen LogP contribution in [0, 0.1) is 0 Å². The molecule has 0 saturated heterocycles. The molecule has 2 N–H and O–H groups in total. The van der Waals surface area contributed by atoms with Crippen molar-refractivity contribution in [2.45, 2.75) is 77.2 Å². The van der Waals surface area contributed by atoms with Crippen molar-refractivity contribution >= 4 is 6.03 Å². The summed E-state index contributed by atoms with van der Waals surface area (Å²) in [6, 6.07) is 0.455. The third-order valence-corrected chi connectivity index (χ3v) is 3.51. The second-order valence-electron chi connectivity index (χ2n) is 5.15. The molecule has 0 bridgehead atoms. The Balaban J connectivity index is 1.93. The lowest BCUT2D eigenvalue weighted by atomic mass is 9.96. The van der Waals surface area contributed by atoms with Gasteiger partial charge in [-0.15, -0.1) is 0 Å². The van der Waals surface area contributed by atoms with Crippen molar-refractivity contribution < 1.29 is 4.79 Å². The Bertz CT molecular complexity index is 200. The van der Waals surface area contributed by atoms with Gasteiger partial charge in [0.15, 0.2) is 0 Å². The first-order valence-corrected chi connectivity index (χ1v) is 7.37. The molecule has 0 aromatic carbocycles. The number of rotatable bonds is 7. The van der Waals surface area contributed by atoms with Gasteiger partial charge in [0.2, 0.25) is 0 Å². The minimum atomic E-state index is 0.0346. The lowest BCUT2D eigenvalue weighted by molar-refractivity contribution is 0.232. The molecule has 0 aliphatic heterocycles. The smallest absolute Gasteiger partial charge is 0.315 e. The van der Waals surface area contributed by atoms with Crippen LogP contribution in [-0.2, 0) is 0 Å². The first-order chi connectivity index (χ1) is 8.33. The van der Waals surface area contributed by atoms with Crippen molar-refractivity contribution in [1.82, 2.24) is 10.6 Å². The number of nitrogens with one attached hydrogen (secondary N) is 2. The van der Waals surface area contributed by atoms with Gasteiger partial charge in [0.05, 0.1) is 0 Å². The van der Waals surface area contributed by atoms with Gasteiger partial charge >= 0.3 is 6.03 Å². The average molecular weight is 240 g/mol. The first kappa shape index (κ1) is 14.3. The van der Waals surface area contributed by atoms with Crippen molar-refractivity contribution in [3.05, 3.63) is 0 Å². The van der Waals surface area contributed by atoms with Crippen molar-refractivity contribution in [1.29, 1.82) is 0 Å². The standard InChI is InChI=1S/C14H28N2O/c1-2-3-4-5-9-12-15-14(17)16-13-10-7-6-8-11-13/h13H,2-12H2,1H3,(H2,15,16,17). The molecule has 0 aromatic rings. The normalized spacial score (nSPS) is 16.8. The Morgan fingerprint density at radius 3 is 2.47 bits per heavy atom. The fourth-order valence-electron chi connectivity index (χ4n) is 2.41. The van der Waals surface area contributed by atoms with E-state index in [0.717, 1.165) is 25.8 Å². The third-order valence-electron chi connectivity index (χ3n) is 3.51. The second kappa shape index (κ2) is 9.32. The van der Waals surface area contributed by atoms with Crippen LogP contribution in [0.25, 0.3) is 0 Å². The molecule has 0 unspecified atom stereocenters. The molecule has 2 amide bonds. The maximum absolute atomic E-state index is 11.6. The zero-order valence-corrected chi connectivity index (χ0v) is 11.3. The first-order valence-electron chi connectivity index (χ1n) is 7.37. The highest BCUT2D eigenvalue weighted by atomic mass is 16.2. The molecule has 1 rings (SSSR count). The molecule has 1 fully saturated rings. The molecule has 0 aromatic heterocycles. The highest BCUT2D eigenvalue weighted by Gasteiger charge is 2.14. The van der Waals surface area contributed by atoms with Gasteiger partial charge in [-0.25, -0.2) is 4.79 Å². The van der Waals surface area contributed by atoms with Gasteiger partial charge in [0.25, 0.3) is 0 Å². The number of urea groups is 1. The molecule has 0 spiro atoms. The maximum atomic E-state index is 11.6. The molecular formula is C14H28N2O. The van der Waals surface area contributed by atoms with Crippen LogP contribution in [-0.4, -0.2) is 18.6 Å². The monoisotopic (exact) mass is 240 g/mol. The molecule has 0 radical (unpaired) electrons. The Morgan fingerprint density at radius 1 is 1.06 bits per heavy atom. The van der Waals surface area contributed by atoms with Crippen LogP contribution in [0.4, 0.5) is 4.79 Å². The van der Waals surface area contributed by atoms with E-state index in [1.54, 1.807) is 0 Å². The maximum Gasteiger partial charge on any atom is 0.315 e. The molecule has 0 atom stereocenters. The van der Waals surface area contributed by atoms with E-state index < -0.39 is 0 Å². The van der Waals surface area contributed by atoms with Gasteiger partial charge in [-0.2, -0.15) is 0 Å². The van der Waals surface area contributed by atoms with E-state index in [2.05, 4.69) is 17.6 Å². The molecule has 1 saturated carbocycles. The third kappa shape index (κ3) is 7.24. The summed E-state index contributed by atoms with van der Waals surface area (Å²) in [5.74, 6) is 0. The fourth-order valence-corrected chi connectivity index (χ4v) is 2.41. The molecule has 1 aliphatic carbocycles. The minimum absolute atomic E-state index is 0.0346. The summed E-state index contributed by atoms with van der Waals surface area (Å²) in [6.45, 7) is 3.04. The van der Waals surface area contributed by atoms with E-state index in [4.69, 9.17) is 0 Å². The number of hydrogen-bond donors (Lipinski definition) is 2. The summed E-state index contributed by atoms with van der Waals surface area (Å²) in [5, 5.41) is 6.03. The Morgan fingerprint density at radius 2 is 1.76 bits per heavy atom. The summed E-state index contributed by atoms with van der Waals surface area (Å²) in [4.78, 5) is 11.6. The lowest BCUT2D eigenvalue weighted by Crippen LogP contribution is -2.43.